The van der Waals surface area contributed by atoms with Gasteiger partial charge in [0.2, 0.25) is 0 Å². The van der Waals surface area contributed by atoms with Crippen molar-refractivity contribution in [3.8, 4) is 11.1 Å². The van der Waals surface area contributed by atoms with Gasteiger partial charge in [0.1, 0.15) is 11.2 Å². The predicted octanol–water partition coefficient (Wildman–Crippen LogP) is 10.7. The van der Waals surface area contributed by atoms with Gasteiger partial charge < -0.3 is 13.8 Å². The molecule has 48 heavy (non-hydrogen) atoms. The first kappa shape index (κ1) is 27.9. The first-order valence-corrected chi connectivity index (χ1v) is 17.1. The summed E-state index contributed by atoms with van der Waals surface area (Å²) < 4.78 is 9.42. The van der Waals surface area contributed by atoms with Crippen molar-refractivity contribution in [2.24, 2.45) is 0 Å². The summed E-state index contributed by atoms with van der Waals surface area (Å²) in [7, 11) is 0. The number of nitrogens with zero attached hydrogens (tertiary/aromatic N) is 2. The molecular weight excluding hydrogens is 583 g/mol. The topological polar surface area (TPSA) is 21.3 Å². The van der Waals surface area contributed by atoms with Crippen LogP contribution in [0.2, 0.25) is 0 Å². The molecular formula is C44H37BN2O. The van der Waals surface area contributed by atoms with Gasteiger partial charge in [0, 0.05) is 44.1 Å². The lowest BCUT2D eigenvalue weighted by Gasteiger charge is -2.41. The Morgan fingerprint density at radius 3 is 2.08 bits per heavy atom. The standard InChI is InChI=1S/C44H37BN2O/c1-43(2,3)26-20-21-35-30(22-26)32-23-27(44(4,5)6)24-33-31-25-38-39(29-16-10-13-19-37(29)48-38)42-40(31)45(47(35)41(32)33)34-17-11-12-18-36(34)46(42)28-14-8-7-9-15-28/h7-25H,1-6H3. The second-order valence-corrected chi connectivity index (χ2v) is 15.8. The highest BCUT2D eigenvalue weighted by atomic mass is 16.3. The smallest absolute Gasteiger partial charge is 0.333 e. The summed E-state index contributed by atoms with van der Waals surface area (Å²) in [6.45, 7) is 13.9. The molecule has 2 aliphatic heterocycles. The number of hydrogen-bond acceptors (Lipinski definition) is 2. The zero-order valence-corrected chi connectivity index (χ0v) is 28.3. The van der Waals surface area contributed by atoms with Crippen LogP contribution in [0.25, 0.3) is 54.9 Å². The van der Waals surface area contributed by atoms with E-state index in [1.165, 1.54) is 71.7 Å². The summed E-state index contributed by atoms with van der Waals surface area (Å²) in [6, 6.07) is 42.9. The van der Waals surface area contributed by atoms with E-state index in [1.807, 2.05) is 0 Å². The van der Waals surface area contributed by atoms with Crippen molar-refractivity contribution < 1.29 is 4.42 Å². The van der Waals surface area contributed by atoms with Gasteiger partial charge in [0.25, 0.3) is 0 Å². The molecule has 0 aliphatic carbocycles. The van der Waals surface area contributed by atoms with Crippen LogP contribution in [-0.2, 0) is 10.8 Å². The monoisotopic (exact) mass is 620 g/mol. The van der Waals surface area contributed by atoms with Crippen LogP contribution in [0.15, 0.2) is 120 Å². The third-order valence-corrected chi connectivity index (χ3v) is 10.8. The van der Waals surface area contributed by atoms with Crippen LogP contribution in [0, 0.1) is 0 Å². The van der Waals surface area contributed by atoms with Gasteiger partial charge in [-0.05, 0) is 93.0 Å². The van der Waals surface area contributed by atoms with E-state index in [1.54, 1.807) is 0 Å². The first-order valence-electron chi connectivity index (χ1n) is 17.1. The lowest BCUT2D eigenvalue weighted by molar-refractivity contribution is 0.590. The first-order chi connectivity index (χ1) is 23.1. The summed E-state index contributed by atoms with van der Waals surface area (Å²) in [4.78, 5) is 2.49. The van der Waals surface area contributed by atoms with Gasteiger partial charge in [-0.2, -0.15) is 0 Å². The molecule has 0 N–H and O–H groups in total. The second-order valence-electron chi connectivity index (χ2n) is 15.8. The van der Waals surface area contributed by atoms with Gasteiger partial charge in [-0.3, -0.25) is 0 Å². The molecule has 0 amide bonds. The van der Waals surface area contributed by atoms with Gasteiger partial charge in [0.05, 0.1) is 11.1 Å². The van der Waals surface area contributed by atoms with Crippen molar-refractivity contribution in [3.05, 3.63) is 126 Å². The van der Waals surface area contributed by atoms with E-state index in [-0.39, 0.29) is 17.7 Å². The second kappa shape index (κ2) is 9.23. The van der Waals surface area contributed by atoms with E-state index < -0.39 is 0 Å². The molecule has 0 saturated carbocycles. The molecule has 4 heteroatoms. The van der Waals surface area contributed by atoms with Crippen molar-refractivity contribution in [2.45, 2.75) is 52.4 Å². The number of furan rings is 1. The third-order valence-electron chi connectivity index (χ3n) is 10.8. The van der Waals surface area contributed by atoms with Crippen LogP contribution in [0.4, 0.5) is 17.1 Å². The highest BCUT2D eigenvalue weighted by molar-refractivity contribution is 6.90. The van der Waals surface area contributed by atoms with Gasteiger partial charge in [0.15, 0.2) is 0 Å². The molecule has 10 rings (SSSR count). The Balaban J connectivity index is 1.46. The number of anilines is 3. The van der Waals surface area contributed by atoms with E-state index in [0.717, 1.165) is 22.2 Å². The molecule has 0 unspecified atom stereocenters. The normalized spacial score (nSPS) is 14.0. The largest absolute Gasteiger partial charge is 0.456 e. The minimum Gasteiger partial charge on any atom is -0.456 e. The molecule has 3 nitrogen and oxygen atoms in total. The quantitative estimate of drug-likeness (QED) is 0.170. The lowest BCUT2D eigenvalue weighted by Crippen LogP contribution is -2.56. The molecule has 8 aromatic rings. The molecule has 0 radical (unpaired) electrons. The Labute approximate surface area is 281 Å². The van der Waals surface area contributed by atoms with Crippen LogP contribution < -0.4 is 15.8 Å². The summed E-state index contributed by atoms with van der Waals surface area (Å²) in [6.07, 6.45) is 0. The number of hydrogen-bond donors (Lipinski definition) is 0. The van der Waals surface area contributed by atoms with Crippen LogP contribution in [0.1, 0.15) is 52.7 Å². The van der Waals surface area contributed by atoms with Gasteiger partial charge in [-0.25, -0.2) is 0 Å². The minimum atomic E-state index is -0.0240. The molecule has 2 aromatic heterocycles. The highest BCUT2D eigenvalue weighted by Gasteiger charge is 2.44. The zero-order chi connectivity index (χ0) is 32.7. The van der Waals surface area contributed by atoms with Crippen LogP contribution in [0.5, 0.6) is 0 Å². The van der Waals surface area contributed by atoms with E-state index in [4.69, 9.17) is 4.42 Å². The van der Waals surface area contributed by atoms with Crippen LogP contribution >= 0.6 is 0 Å². The predicted molar refractivity (Wildman–Crippen MR) is 205 cm³/mol. The molecule has 0 atom stereocenters. The zero-order valence-electron chi connectivity index (χ0n) is 28.3. The Bertz CT molecular complexity index is 2650. The number of aromatic nitrogens is 1. The Kier molecular flexibility index (Phi) is 5.36. The maximum Gasteiger partial charge on any atom is 0.333 e. The molecule has 232 valence electrons. The van der Waals surface area contributed by atoms with Gasteiger partial charge >= 0.3 is 6.85 Å². The molecule has 0 saturated heterocycles. The summed E-state index contributed by atoms with van der Waals surface area (Å²) in [5.41, 5.74) is 15.9. The van der Waals surface area contributed by atoms with E-state index >= 15 is 0 Å². The van der Waals surface area contributed by atoms with Gasteiger partial charge in [-0.15, -0.1) is 0 Å². The molecule has 0 fully saturated rings. The Morgan fingerprint density at radius 2 is 1.29 bits per heavy atom. The molecule has 0 spiro atoms. The lowest BCUT2D eigenvalue weighted by atomic mass is 9.45. The van der Waals surface area contributed by atoms with Crippen LogP contribution in [0.3, 0.4) is 0 Å². The van der Waals surface area contributed by atoms with E-state index in [2.05, 4.69) is 166 Å². The number of benzene rings is 6. The molecule has 0 bridgehead atoms. The molecule has 2 aliphatic rings. The molecule has 4 heterocycles. The van der Waals surface area contributed by atoms with E-state index in [0.29, 0.717) is 0 Å². The summed E-state index contributed by atoms with van der Waals surface area (Å²) in [5.74, 6) is 0. The molecule has 6 aromatic carbocycles. The van der Waals surface area contributed by atoms with Crippen LogP contribution in [-0.4, -0.2) is 11.3 Å². The third kappa shape index (κ3) is 3.61. The summed E-state index contributed by atoms with van der Waals surface area (Å²) >= 11 is 0. The van der Waals surface area contributed by atoms with Crippen molar-refractivity contribution in [2.75, 3.05) is 4.90 Å². The van der Waals surface area contributed by atoms with Crippen molar-refractivity contribution in [3.63, 3.8) is 0 Å². The number of fused-ring (bicyclic) bond motifs is 11. The average molecular weight is 621 g/mol. The van der Waals surface area contributed by atoms with E-state index in [9.17, 15) is 0 Å². The maximum atomic E-state index is 6.75. The fraction of sp³-hybridized carbons (Fsp3) is 0.182. The maximum absolute atomic E-state index is 6.75. The number of para-hydroxylation sites is 3. The fourth-order valence-corrected chi connectivity index (χ4v) is 8.48. The minimum absolute atomic E-state index is 0.00213. The highest BCUT2D eigenvalue weighted by Crippen LogP contribution is 2.50. The van der Waals surface area contributed by atoms with Crippen molar-refractivity contribution in [1.82, 2.24) is 4.48 Å². The van der Waals surface area contributed by atoms with Gasteiger partial charge in [-0.1, -0.05) is 102 Å². The Morgan fingerprint density at radius 1 is 0.583 bits per heavy atom. The summed E-state index contributed by atoms with van der Waals surface area (Å²) in [5, 5.41) is 4.98. The van der Waals surface area contributed by atoms with Crippen molar-refractivity contribution in [1.29, 1.82) is 0 Å². The Hall–Kier alpha value is -5.22. The SMILES string of the molecule is CC(C)(C)c1ccc2c(c1)c1cc(C(C)(C)C)cc3c1n2B1c2ccccc2N(c2ccccc2)c2c1c-3cc1oc3ccccc3c21. The number of rotatable bonds is 1. The fourth-order valence-electron chi connectivity index (χ4n) is 8.48. The van der Waals surface area contributed by atoms with Crippen molar-refractivity contribution >= 4 is 78.6 Å². The average Bonchev–Trinajstić information content (AvgIpc) is 3.61.